The Morgan fingerprint density at radius 1 is 1.33 bits per heavy atom. The van der Waals surface area contributed by atoms with Crippen LogP contribution < -0.4 is 10.1 Å². The molecule has 0 atom stereocenters. The third-order valence-corrected chi connectivity index (χ3v) is 2.81. The van der Waals surface area contributed by atoms with Crippen LogP contribution in [-0.2, 0) is 9.59 Å². The van der Waals surface area contributed by atoms with Gasteiger partial charge >= 0.3 is 0 Å². The first-order valence-corrected chi connectivity index (χ1v) is 6.72. The summed E-state index contributed by atoms with van der Waals surface area (Å²) in [6.45, 7) is 2.33. The number of carbonyl (C=O) groups excluding carboxylic acids is 2. The summed E-state index contributed by atoms with van der Waals surface area (Å²) >= 11 is 0. The molecule has 1 aromatic rings. The maximum Gasteiger partial charge on any atom is 0.260 e. The van der Waals surface area contributed by atoms with Crippen LogP contribution in [0, 0.1) is 11.3 Å². The average molecular weight is 289 g/mol. The van der Waals surface area contributed by atoms with Gasteiger partial charge in [-0.1, -0.05) is 6.92 Å². The van der Waals surface area contributed by atoms with Gasteiger partial charge in [0, 0.05) is 13.6 Å². The molecule has 0 aliphatic rings. The average Bonchev–Trinajstić information content (AvgIpc) is 2.52. The maximum absolute atomic E-state index is 12.0. The monoisotopic (exact) mass is 289 g/mol. The first-order chi connectivity index (χ1) is 10.1. The fourth-order valence-corrected chi connectivity index (χ4v) is 1.68. The second kappa shape index (κ2) is 8.59. The van der Waals surface area contributed by atoms with Crippen LogP contribution in [0.4, 0.5) is 0 Å². The number of ether oxygens (including phenoxy) is 1. The lowest BCUT2D eigenvalue weighted by Gasteiger charge is -2.21. The minimum absolute atomic E-state index is 0.0277. The van der Waals surface area contributed by atoms with Crippen molar-refractivity contribution in [1.29, 1.82) is 5.26 Å². The Morgan fingerprint density at radius 3 is 2.52 bits per heavy atom. The SMILES string of the molecule is CCCN(CC(=O)NC)C(=O)COc1ccc(C#N)cc1. The molecule has 1 rings (SSSR count). The van der Waals surface area contributed by atoms with Gasteiger partial charge in [0.2, 0.25) is 5.91 Å². The summed E-state index contributed by atoms with van der Waals surface area (Å²) in [5.74, 6) is 0.0544. The first kappa shape index (κ1) is 16.5. The molecule has 0 heterocycles. The zero-order valence-corrected chi connectivity index (χ0v) is 12.3. The van der Waals surface area contributed by atoms with E-state index in [-0.39, 0.29) is 25.0 Å². The summed E-state index contributed by atoms with van der Waals surface area (Å²) in [4.78, 5) is 24.9. The van der Waals surface area contributed by atoms with Crippen molar-refractivity contribution in [2.75, 3.05) is 26.7 Å². The molecule has 1 aromatic carbocycles. The van der Waals surface area contributed by atoms with Crippen molar-refractivity contribution in [3.05, 3.63) is 29.8 Å². The number of hydrogen-bond donors (Lipinski definition) is 1. The summed E-state index contributed by atoms with van der Waals surface area (Å²) in [7, 11) is 1.53. The fraction of sp³-hybridized carbons (Fsp3) is 0.400. The summed E-state index contributed by atoms with van der Waals surface area (Å²) in [5, 5.41) is 11.2. The molecule has 0 saturated carbocycles. The molecule has 0 fully saturated rings. The van der Waals surface area contributed by atoms with Crippen LogP contribution in [0.2, 0.25) is 0 Å². The number of amides is 2. The van der Waals surface area contributed by atoms with Crippen molar-refractivity contribution >= 4 is 11.8 Å². The highest BCUT2D eigenvalue weighted by atomic mass is 16.5. The third-order valence-electron chi connectivity index (χ3n) is 2.81. The number of carbonyl (C=O) groups is 2. The lowest BCUT2D eigenvalue weighted by Crippen LogP contribution is -2.42. The molecule has 1 N–H and O–H groups in total. The van der Waals surface area contributed by atoms with Crippen molar-refractivity contribution in [2.45, 2.75) is 13.3 Å². The Balaban J connectivity index is 2.56. The van der Waals surface area contributed by atoms with E-state index in [4.69, 9.17) is 10.00 Å². The van der Waals surface area contributed by atoms with Crippen LogP contribution in [0.1, 0.15) is 18.9 Å². The predicted molar refractivity (Wildman–Crippen MR) is 77.6 cm³/mol. The molecule has 6 heteroatoms. The van der Waals surface area contributed by atoms with E-state index in [0.717, 1.165) is 6.42 Å². The van der Waals surface area contributed by atoms with E-state index < -0.39 is 0 Å². The molecule has 0 aliphatic carbocycles. The van der Waals surface area contributed by atoms with E-state index in [1.807, 2.05) is 13.0 Å². The van der Waals surface area contributed by atoms with Crippen molar-refractivity contribution in [1.82, 2.24) is 10.2 Å². The molecule has 0 unspecified atom stereocenters. The molecular weight excluding hydrogens is 270 g/mol. The van der Waals surface area contributed by atoms with Gasteiger partial charge < -0.3 is 15.0 Å². The standard InChI is InChI=1S/C15H19N3O3/c1-3-8-18(10-14(19)17-2)15(20)11-21-13-6-4-12(9-16)5-7-13/h4-7H,3,8,10-11H2,1-2H3,(H,17,19). The molecule has 112 valence electrons. The molecule has 2 amide bonds. The van der Waals surface area contributed by atoms with Gasteiger partial charge in [0.15, 0.2) is 6.61 Å². The van der Waals surface area contributed by atoms with E-state index in [0.29, 0.717) is 17.9 Å². The molecule has 0 bridgehead atoms. The van der Waals surface area contributed by atoms with E-state index >= 15 is 0 Å². The number of nitrogens with zero attached hydrogens (tertiary/aromatic N) is 2. The van der Waals surface area contributed by atoms with Crippen LogP contribution in [0.15, 0.2) is 24.3 Å². The zero-order valence-electron chi connectivity index (χ0n) is 12.3. The van der Waals surface area contributed by atoms with Gasteiger partial charge in [-0.2, -0.15) is 5.26 Å². The van der Waals surface area contributed by atoms with E-state index in [1.54, 1.807) is 24.3 Å². The Hall–Kier alpha value is -2.55. The third kappa shape index (κ3) is 5.53. The van der Waals surface area contributed by atoms with Gasteiger partial charge in [-0.25, -0.2) is 0 Å². The van der Waals surface area contributed by atoms with Crippen molar-refractivity contribution in [3.63, 3.8) is 0 Å². The minimum atomic E-state index is -0.246. The molecule has 0 saturated heterocycles. The number of rotatable bonds is 7. The molecule has 0 aliphatic heterocycles. The molecule has 0 spiro atoms. The molecule has 21 heavy (non-hydrogen) atoms. The highest BCUT2D eigenvalue weighted by molar-refractivity contribution is 5.85. The van der Waals surface area contributed by atoms with Crippen LogP contribution in [0.3, 0.4) is 0 Å². The van der Waals surface area contributed by atoms with Gasteiger partial charge in [-0.15, -0.1) is 0 Å². The van der Waals surface area contributed by atoms with Crippen molar-refractivity contribution in [3.8, 4) is 11.8 Å². The van der Waals surface area contributed by atoms with Gasteiger partial charge in [0.25, 0.3) is 5.91 Å². The number of nitrogens with one attached hydrogen (secondary N) is 1. The molecule has 6 nitrogen and oxygen atoms in total. The van der Waals surface area contributed by atoms with Gasteiger partial charge in [0.05, 0.1) is 18.2 Å². The Labute approximate surface area is 124 Å². The Morgan fingerprint density at radius 2 is 2.00 bits per heavy atom. The Kier molecular flexibility index (Phi) is 6.75. The van der Waals surface area contributed by atoms with E-state index in [1.165, 1.54) is 11.9 Å². The van der Waals surface area contributed by atoms with Crippen LogP contribution >= 0.6 is 0 Å². The minimum Gasteiger partial charge on any atom is -0.484 e. The van der Waals surface area contributed by atoms with Crippen LogP contribution in [0.25, 0.3) is 0 Å². The normalized spacial score (nSPS) is 9.57. The quantitative estimate of drug-likeness (QED) is 0.809. The summed E-state index contributed by atoms with van der Waals surface area (Å²) in [6.07, 6.45) is 0.763. The molecule has 0 radical (unpaired) electrons. The smallest absolute Gasteiger partial charge is 0.260 e. The van der Waals surface area contributed by atoms with E-state index in [9.17, 15) is 9.59 Å². The molecular formula is C15H19N3O3. The summed E-state index contributed by atoms with van der Waals surface area (Å²) < 4.78 is 5.38. The van der Waals surface area contributed by atoms with Crippen molar-refractivity contribution in [2.24, 2.45) is 0 Å². The lowest BCUT2D eigenvalue weighted by molar-refractivity contribution is -0.137. The van der Waals surface area contributed by atoms with Crippen LogP contribution in [-0.4, -0.2) is 43.5 Å². The number of benzene rings is 1. The second-order valence-corrected chi connectivity index (χ2v) is 4.41. The van der Waals surface area contributed by atoms with Gasteiger partial charge in [-0.3, -0.25) is 9.59 Å². The zero-order chi connectivity index (χ0) is 15.7. The number of likely N-dealkylation sites (N-methyl/N-ethyl adjacent to an activating group) is 1. The Bertz CT molecular complexity index is 520. The second-order valence-electron chi connectivity index (χ2n) is 4.41. The van der Waals surface area contributed by atoms with Gasteiger partial charge in [-0.05, 0) is 30.7 Å². The van der Waals surface area contributed by atoms with Crippen LogP contribution in [0.5, 0.6) is 5.75 Å². The summed E-state index contributed by atoms with van der Waals surface area (Å²) in [5.41, 5.74) is 0.529. The first-order valence-electron chi connectivity index (χ1n) is 6.72. The molecule has 0 aromatic heterocycles. The highest BCUT2D eigenvalue weighted by Gasteiger charge is 2.16. The fourth-order valence-electron chi connectivity index (χ4n) is 1.68. The van der Waals surface area contributed by atoms with Crippen molar-refractivity contribution < 1.29 is 14.3 Å². The lowest BCUT2D eigenvalue weighted by atomic mass is 10.2. The van der Waals surface area contributed by atoms with Gasteiger partial charge in [0.1, 0.15) is 5.75 Å². The summed E-state index contributed by atoms with van der Waals surface area (Å²) in [6, 6.07) is 8.51. The maximum atomic E-state index is 12.0. The number of hydrogen-bond acceptors (Lipinski definition) is 4. The highest BCUT2D eigenvalue weighted by Crippen LogP contribution is 2.11. The predicted octanol–water partition coefficient (Wildman–Crippen LogP) is 0.922. The largest absolute Gasteiger partial charge is 0.484 e. The number of nitriles is 1. The topological polar surface area (TPSA) is 82.4 Å². The van der Waals surface area contributed by atoms with E-state index in [2.05, 4.69) is 5.32 Å².